The van der Waals surface area contributed by atoms with Crippen LogP contribution in [0.25, 0.3) is 11.0 Å². The maximum atomic E-state index is 11.3. The van der Waals surface area contributed by atoms with E-state index in [2.05, 4.69) is 55.7 Å². The first kappa shape index (κ1) is 25.3. The summed E-state index contributed by atoms with van der Waals surface area (Å²) < 4.78 is 8.09. The maximum absolute atomic E-state index is 11.3. The fourth-order valence-corrected chi connectivity index (χ4v) is 5.35. The number of anilines is 2. The summed E-state index contributed by atoms with van der Waals surface area (Å²) in [6.45, 7) is 7.00. The quantitative estimate of drug-likeness (QED) is 0.359. The van der Waals surface area contributed by atoms with Gasteiger partial charge in [-0.1, -0.05) is 30.3 Å². The Bertz CT molecular complexity index is 1440. The number of aromatic nitrogens is 3. The summed E-state index contributed by atoms with van der Waals surface area (Å²) in [6, 6.07) is 22.0. The predicted molar refractivity (Wildman–Crippen MR) is 153 cm³/mol. The smallest absolute Gasteiger partial charge is 0.248 e. The minimum Gasteiger partial charge on any atom is -0.376 e. The van der Waals surface area contributed by atoms with Gasteiger partial charge in [0, 0.05) is 51.9 Å². The molecule has 2 aliphatic heterocycles. The molecule has 0 bridgehead atoms. The van der Waals surface area contributed by atoms with Crippen LogP contribution in [0.2, 0.25) is 0 Å². The van der Waals surface area contributed by atoms with Crippen molar-refractivity contribution in [2.75, 3.05) is 49.6 Å². The van der Waals surface area contributed by atoms with Gasteiger partial charge in [-0.3, -0.25) is 9.69 Å². The van der Waals surface area contributed by atoms with E-state index >= 15 is 0 Å². The van der Waals surface area contributed by atoms with Gasteiger partial charge >= 0.3 is 0 Å². The van der Waals surface area contributed by atoms with E-state index in [-0.39, 0.29) is 0 Å². The predicted octanol–water partition coefficient (Wildman–Crippen LogP) is 3.28. The van der Waals surface area contributed by atoms with Crippen LogP contribution in [0.15, 0.2) is 66.7 Å². The van der Waals surface area contributed by atoms with Gasteiger partial charge in [0.15, 0.2) is 0 Å². The molecule has 0 radical (unpaired) electrons. The van der Waals surface area contributed by atoms with Gasteiger partial charge in [0.05, 0.1) is 30.2 Å². The number of piperazine rings is 1. The Balaban J connectivity index is 1.08. The lowest BCUT2D eigenvalue weighted by Crippen LogP contribution is -2.46. The molecule has 1 amide bonds. The van der Waals surface area contributed by atoms with Crippen molar-refractivity contribution < 1.29 is 9.53 Å². The summed E-state index contributed by atoms with van der Waals surface area (Å²) in [6.07, 6.45) is 1.41. The number of hydrogen-bond acceptors (Lipinski definition) is 7. The number of rotatable bonds is 9. The van der Waals surface area contributed by atoms with Crippen LogP contribution in [0.5, 0.6) is 0 Å². The largest absolute Gasteiger partial charge is 0.376 e. The van der Waals surface area contributed by atoms with Crippen molar-refractivity contribution in [3.8, 4) is 0 Å². The first-order valence-electron chi connectivity index (χ1n) is 13.6. The number of carbonyl (C=O) groups is 1. The highest BCUT2D eigenvalue weighted by molar-refractivity contribution is 5.92. The van der Waals surface area contributed by atoms with Crippen molar-refractivity contribution in [1.82, 2.24) is 19.4 Å². The van der Waals surface area contributed by atoms with E-state index in [0.717, 1.165) is 80.8 Å². The van der Waals surface area contributed by atoms with Gasteiger partial charge in [-0.2, -0.15) is 0 Å². The number of nitrogens with zero attached hydrogens (tertiary/aromatic N) is 6. The highest BCUT2D eigenvalue weighted by Crippen LogP contribution is 2.24. The van der Waals surface area contributed by atoms with E-state index in [0.29, 0.717) is 18.2 Å². The van der Waals surface area contributed by atoms with Crippen molar-refractivity contribution in [3.63, 3.8) is 0 Å². The second kappa shape index (κ2) is 11.0. The van der Waals surface area contributed by atoms with Gasteiger partial charge in [0.2, 0.25) is 5.91 Å². The van der Waals surface area contributed by atoms with Crippen LogP contribution in [0, 0.1) is 0 Å². The van der Waals surface area contributed by atoms with Crippen LogP contribution < -0.4 is 15.5 Å². The zero-order chi connectivity index (χ0) is 26.8. The number of pyridine rings is 1. The maximum Gasteiger partial charge on any atom is 0.248 e. The topological polar surface area (TPSA) is 92.8 Å². The monoisotopic (exact) mass is 525 g/mol. The summed E-state index contributed by atoms with van der Waals surface area (Å²) in [5, 5.41) is 0. The van der Waals surface area contributed by atoms with Crippen LogP contribution in [-0.4, -0.2) is 71.3 Å². The molecular weight excluding hydrogens is 490 g/mol. The second-order valence-corrected chi connectivity index (χ2v) is 10.4. The van der Waals surface area contributed by atoms with E-state index in [4.69, 9.17) is 20.4 Å². The average Bonchev–Trinajstić information content (AvgIpc) is 3.28. The van der Waals surface area contributed by atoms with Gasteiger partial charge in [-0.25, -0.2) is 9.97 Å². The van der Waals surface area contributed by atoms with E-state index < -0.39 is 5.91 Å². The third-order valence-corrected chi connectivity index (χ3v) is 7.74. The number of hydrogen-bond donors (Lipinski definition) is 1. The molecule has 4 aromatic rings. The molecule has 6 rings (SSSR count). The molecule has 9 nitrogen and oxygen atoms in total. The minimum absolute atomic E-state index is 0.296. The average molecular weight is 526 g/mol. The molecule has 1 unspecified atom stereocenters. The number of benzene rings is 2. The van der Waals surface area contributed by atoms with Crippen LogP contribution in [-0.2, 0) is 24.4 Å². The molecule has 39 heavy (non-hydrogen) atoms. The van der Waals surface area contributed by atoms with E-state index in [1.54, 1.807) is 12.1 Å². The molecule has 2 aromatic carbocycles. The Kier molecular flexibility index (Phi) is 7.17. The van der Waals surface area contributed by atoms with Gasteiger partial charge in [0.25, 0.3) is 0 Å². The highest BCUT2D eigenvalue weighted by atomic mass is 16.5. The molecule has 4 heterocycles. The normalized spacial score (nSPS) is 17.8. The van der Waals surface area contributed by atoms with Crippen molar-refractivity contribution in [1.29, 1.82) is 0 Å². The number of primary amides is 1. The lowest BCUT2D eigenvalue weighted by Gasteiger charge is -2.36. The summed E-state index contributed by atoms with van der Waals surface area (Å²) in [5.74, 6) is 2.62. The molecule has 0 spiro atoms. The van der Waals surface area contributed by atoms with E-state index in [1.165, 1.54) is 5.52 Å². The Morgan fingerprint density at radius 1 is 1.00 bits per heavy atom. The van der Waals surface area contributed by atoms with E-state index in [1.807, 2.05) is 25.2 Å². The zero-order valence-corrected chi connectivity index (χ0v) is 22.4. The molecule has 2 aromatic heterocycles. The Hall–Kier alpha value is -3.95. The highest BCUT2D eigenvalue weighted by Gasteiger charge is 2.24. The number of nitrogens with two attached hydrogens (primary N) is 1. The number of ether oxygens (including phenoxy) is 1. The van der Waals surface area contributed by atoms with Gasteiger partial charge in [-0.05, 0) is 48.4 Å². The number of amides is 1. The third-order valence-electron chi connectivity index (χ3n) is 7.74. The van der Waals surface area contributed by atoms with Crippen LogP contribution in [0.3, 0.4) is 0 Å². The van der Waals surface area contributed by atoms with Crippen LogP contribution in [0.4, 0.5) is 11.6 Å². The first-order chi connectivity index (χ1) is 19.0. The molecular formula is C30H35N7O2. The standard InChI is InChI=1S/C30H35N7O2/c1-34(19-22-9-11-23(12-10-22)30(31)38)27-7-4-8-28(33-27)36-16-14-35(15-17-36)21-29-32-25-5-2-3-6-26(25)37(29)20-24-13-18-39-24/h2-12,24H,13-21H2,1H3,(H2,31,38). The lowest BCUT2D eigenvalue weighted by molar-refractivity contribution is -0.0592. The first-order valence-corrected chi connectivity index (χ1v) is 13.6. The summed E-state index contributed by atoms with van der Waals surface area (Å²) >= 11 is 0. The molecule has 9 heteroatoms. The molecule has 2 saturated heterocycles. The summed E-state index contributed by atoms with van der Waals surface area (Å²) in [7, 11) is 2.03. The van der Waals surface area contributed by atoms with Crippen molar-refractivity contribution >= 4 is 28.6 Å². The Labute approximate surface area is 228 Å². The molecule has 202 valence electrons. The van der Waals surface area contributed by atoms with Gasteiger partial charge < -0.3 is 24.8 Å². The number of imidazole rings is 1. The van der Waals surface area contributed by atoms with Crippen molar-refractivity contribution in [2.24, 2.45) is 5.73 Å². The number of carbonyl (C=O) groups excluding carboxylic acids is 1. The van der Waals surface area contributed by atoms with Gasteiger partial charge in [-0.15, -0.1) is 0 Å². The fourth-order valence-electron chi connectivity index (χ4n) is 5.35. The van der Waals surface area contributed by atoms with Gasteiger partial charge in [0.1, 0.15) is 17.5 Å². The second-order valence-electron chi connectivity index (χ2n) is 10.4. The lowest BCUT2D eigenvalue weighted by atomic mass is 10.1. The van der Waals surface area contributed by atoms with E-state index in [9.17, 15) is 4.79 Å². The number of fused-ring (bicyclic) bond motifs is 1. The minimum atomic E-state index is -0.411. The molecule has 2 fully saturated rings. The fraction of sp³-hybridized carbons (Fsp3) is 0.367. The summed E-state index contributed by atoms with van der Waals surface area (Å²) in [4.78, 5) is 28.3. The van der Waals surface area contributed by atoms with Crippen LogP contribution in [0.1, 0.15) is 28.2 Å². The third kappa shape index (κ3) is 5.60. The molecule has 2 aliphatic rings. The zero-order valence-electron chi connectivity index (χ0n) is 22.4. The van der Waals surface area contributed by atoms with Crippen molar-refractivity contribution in [2.45, 2.75) is 32.2 Å². The number of para-hydroxylation sites is 2. The van der Waals surface area contributed by atoms with Crippen LogP contribution >= 0.6 is 0 Å². The molecule has 1 atom stereocenters. The molecule has 0 saturated carbocycles. The molecule has 0 aliphatic carbocycles. The SMILES string of the molecule is CN(Cc1ccc(C(N)=O)cc1)c1cccc(N2CCN(Cc3nc4ccccc4n3CC3CCO3)CC2)n1. The molecule has 2 N–H and O–H groups in total. The summed E-state index contributed by atoms with van der Waals surface area (Å²) in [5.41, 5.74) is 9.22. The Morgan fingerprint density at radius 3 is 2.49 bits per heavy atom. The Morgan fingerprint density at radius 2 is 1.77 bits per heavy atom. The van der Waals surface area contributed by atoms with Crippen molar-refractivity contribution in [3.05, 3.63) is 83.7 Å².